The van der Waals surface area contributed by atoms with Crippen LogP contribution in [0.5, 0.6) is 11.5 Å². The van der Waals surface area contributed by atoms with Gasteiger partial charge in [-0.15, -0.1) is 0 Å². The third-order valence-electron chi connectivity index (χ3n) is 16.3. The van der Waals surface area contributed by atoms with Crippen LogP contribution in [0.4, 0.5) is 0 Å². The maximum atomic E-state index is 14.8. The number of rotatable bonds is 20. The Morgan fingerprint density at radius 2 is 1.26 bits per heavy atom. The molecule has 7 rings (SSSR count). The summed E-state index contributed by atoms with van der Waals surface area (Å²) >= 11 is 0. The van der Waals surface area contributed by atoms with Gasteiger partial charge in [0.15, 0.2) is 5.78 Å². The number of nitrogens with one attached hydrogen (secondary N) is 5. The van der Waals surface area contributed by atoms with Crippen molar-refractivity contribution < 1.29 is 83.9 Å². The summed E-state index contributed by atoms with van der Waals surface area (Å²) in [5.74, 6) is -9.75. The molecule has 0 spiro atoms. The lowest BCUT2D eigenvalue weighted by Gasteiger charge is -2.34. The van der Waals surface area contributed by atoms with Gasteiger partial charge in [-0.25, -0.2) is 0 Å². The van der Waals surface area contributed by atoms with Crippen LogP contribution in [0.25, 0.3) is 22.3 Å². The monoisotopic (exact) mass is 1220 g/mol. The van der Waals surface area contributed by atoms with E-state index in [1.807, 2.05) is 48.5 Å². The van der Waals surface area contributed by atoms with Gasteiger partial charge < -0.3 is 87.1 Å². The lowest BCUT2D eigenvalue weighted by Crippen LogP contribution is -2.63. The highest BCUT2D eigenvalue weighted by Crippen LogP contribution is 2.32. The largest absolute Gasteiger partial charge is 0.508 e. The average Bonchev–Trinajstić information content (AvgIpc) is 2.10. The summed E-state index contributed by atoms with van der Waals surface area (Å²) < 4.78 is 11.4. The number of carbonyl (C=O) groups is 7. The number of amides is 6. The molecule has 0 aromatic heterocycles. The molecule has 3 saturated heterocycles. The highest BCUT2D eigenvalue weighted by molar-refractivity contribution is 6.00. The fourth-order valence-corrected chi connectivity index (χ4v) is 11.2. The van der Waals surface area contributed by atoms with Crippen LogP contribution in [0.2, 0.25) is 0 Å². The number of Topliss-reactive ketones (excluding diaryl/α,β-unsaturated/α-hetero) is 1. The first-order valence-electron chi connectivity index (χ1n) is 29.9. The average molecular weight is 1230 g/mol. The molecule has 0 saturated carbocycles. The molecule has 0 radical (unpaired) electrons. The van der Waals surface area contributed by atoms with Gasteiger partial charge in [-0.05, 0) is 84.5 Å². The van der Waals surface area contributed by atoms with E-state index in [-0.39, 0.29) is 49.7 Å². The fraction of sp³-hybridized carbons (Fsp3) is 0.508. The second-order valence-electron chi connectivity index (χ2n) is 23.0. The Hall–Kier alpha value is -7.43. The van der Waals surface area contributed by atoms with Crippen LogP contribution in [0.3, 0.4) is 0 Å². The number of nitrogens with two attached hydrogens (primary N) is 1. The Bertz CT molecular complexity index is 2990. The van der Waals surface area contributed by atoms with Crippen molar-refractivity contribution >= 4 is 41.2 Å². The molecular weight excluding hydrogens is 1140 g/mol. The SMILES string of the molecule is CCCCCOc1ccc(-c2ccc(-c3ccc(C(=O)N[C@H]4C[C@@H](O)C(NCCOCCN)NC(=O)C5[C@@H](O)[C@@H](C)CN5C(=O)C([C@@H](C)O)NC(=O)C([C@H](O)[C@@H](O)c5ccc(O)cc5)CC(=O)C5C[C@@H](O)CN5C(=O)C([C@@H](C)O)NC4=O)cc3)cc2)cc1. The molecule has 25 nitrogen and oxygen atoms in total. The second-order valence-corrected chi connectivity index (χ2v) is 23.0. The number of ether oxygens (including phenoxy) is 2. The molecule has 0 bridgehead atoms. The Balaban J connectivity index is 1.22. The van der Waals surface area contributed by atoms with Crippen molar-refractivity contribution in [2.75, 3.05) is 46.0 Å². The van der Waals surface area contributed by atoms with Crippen LogP contribution in [0.15, 0.2) is 97.1 Å². The number of unbranched alkanes of at least 4 members (excludes halogenated alkanes) is 2. The summed E-state index contributed by atoms with van der Waals surface area (Å²) in [6, 6.07) is 17.8. The molecule has 6 amide bonds. The first-order valence-corrected chi connectivity index (χ1v) is 29.9. The van der Waals surface area contributed by atoms with Crippen molar-refractivity contribution in [3.63, 3.8) is 0 Å². The summed E-state index contributed by atoms with van der Waals surface area (Å²) in [5, 5.41) is 103. The van der Waals surface area contributed by atoms with Crippen LogP contribution in [0, 0.1) is 11.8 Å². The van der Waals surface area contributed by atoms with E-state index < -0.39 is 158 Å². The smallest absolute Gasteiger partial charge is 0.251 e. The zero-order chi connectivity index (χ0) is 63.9. The number of nitrogens with zero attached hydrogens (tertiary/aromatic N) is 2. The maximum Gasteiger partial charge on any atom is 0.251 e. The van der Waals surface area contributed by atoms with Crippen LogP contribution in [-0.2, 0) is 33.5 Å². The minimum Gasteiger partial charge on any atom is -0.508 e. The predicted molar refractivity (Wildman–Crippen MR) is 320 cm³/mol. The van der Waals surface area contributed by atoms with Gasteiger partial charge in [0.05, 0.1) is 68.4 Å². The summed E-state index contributed by atoms with van der Waals surface area (Å²) in [7, 11) is 0. The van der Waals surface area contributed by atoms with Gasteiger partial charge in [-0.2, -0.15) is 0 Å². The molecule has 6 unspecified atom stereocenters. The van der Waals surface area contributed by atoms with Gasteiger partial charge >= 0.3 is 0 Å². The van der Waals surface area contributed by atoms with Gasteiger partial charge in [-0.1, -0.05) is 87.4 Å². The Kier molecular flexibility index (Phi) is 24.5. The first-order chi connectivity index (χ1) is 42.0. The normalized spacial score (nSPS) is 26.6. The van der Waals surface area contributed by atoms with Gasteiger partial charge in [-0.3, -0.25) is 38.9 Å². The molecule has 88 heavy (non-hydrogen) atoms. The number of hydrogen-bond acceptors (Lipinski definition) is 19. The summed E-state index contributed by atoms with van der Waals surface area (Å²) in [6.45, 7) is 5.91. The van der Waals surface area contributed by atoms with Crippen molar-refractivity contribution in [1.82, 2.24) is 36.4 Å². The zero-order valence-electron chi connectivity index (χ0n) is 49.8. The van der Waals surface area contributed by atoms with E-state index in [0.29, 0.717) is 6.61 Å². The number of benzene rings is 4. The van der Waals surface area contributed by atoms with Crippen LogP contribution in [0.1, 0.15) is 88.2 Å². The highest BCUT2D eigenvalue weighted by Gasteiger charge is 2.50. The number of aliphatic hydroxyl groups is 7. The Morgan fingerprint density at radius 3 is 1.84 bits per heavy atom. The van der Waals surface area contributed by atoms with Crippen molar-refractivity contribution in [3.8, 4) is 33.8 Å². The van der Waals surface area contributed by atoms with Crippen molar-refractivity contribution in [3.05, 3.63) is 108 Å². The molecule has 25 heteroatoms. The minimum atomic E-state index is -2.18. The standard InChI is InChI=1S/C63H84N8O17/c1-5-6-7-26-88-45-22-18-40(19-23-45)38-10-8-37(9-11-38)39-12-14-42(15-13-39)58(81)66-47-31-50(77)57(65-25-28-87-27-24-64)69-61(84)53-54(78)34(2)32-71(53)63(86)52(36(4)73)67-59(82)46(56(80)55(79)41-16-20-43(74)21-17-41)30-49(76)48-29-44(75)33-70(48)62(85)51(35(3)72)68-60(47)83/h8-23,34-36,44,46-48,50-57,65,72-75,77-80H,5-7,24-33,64H2,1-4H3,(H,66,81)(H,67,82)(H,68,83)(H,69,84)/t34-,35+,36+,44+,46?,47-,48?,50+,51?,52?,53?,54-,55-,56-,57?/m0/s1. The van der Waals surface area contributed by atoms with E-state index >= 15 is 0 Å². The molecular formula is C63H84N8O17. The van der Waals surface area contributed by atoms with Crippen LogP contribution < -0.4 is 37.1 Å². The molecule has 15 N–H and O–H groups in total. The van der Waals surface area contributed by atoms with E-state index in [4.69, 9.17) is 15.2 Å². The third kappa shape index (κ3) is 17.2. The number of hydrogen-bond donors (Lipinski definition) is 14. The van der Waals surface area contributed by atoms with Crippen LogP contribution >= 0.6 is 0 Å². The zero-order valence-corrected chi connectivity index (χ0v) is 49.8. The molecule has 478 valence electrons. The van der Waals surface area contributed by atoms with Crippen LogP contribution in [-0.4, -0.2) is 211 Å². The quantitative estimate of drug-likeness (QED) is 0.0507. The number of phenols is 1. The number of aliphatic hydroxyl groups excluding tert-OH is 7. The molecule has 15 atom stereocenters. The number of carbonyl (C=O) groups excluding carboxylic acids is 7. The van der Waals surface area contributed by atoms with E-state index in [9.17, 15) is 74.4 Å². The topological polar surface area (TPSA) is 392 Å². The summed E-state index contributed by atoms with van der Waals surface area (Å²) in [4.78, 5) is 104. The summed E-state index contributed by atoms with van der Waals surface area (Å²) in [6.07, 6.45) is -13.0. The van der Waals surface area contributed by atoms with E-state index in [1.54, 1.807) is 12.1 Å². The fourth-order valence-electron chi connectivity index (χ4n) is 11.2. The molecule has 4 aromatic carbocycles. The minimum absolute atomic E-state index is 0.0265. The van der Waals surface area contributed by atoms with Gasteiger partial charge in [0, 0.05) is 56.9 Å². The summed E-state index contributed by atoms with van der Waals surface area (Å²) in [5.41, 5.74) is 9.13. The van der Waals surface area contributed by atoms with E-state index in [0.717, 1.165) is 70.9 Å². The number of aromatic hydroxyl groups is 1. The number of fused-ring (bicyclic) bond motifs is 2. The molecule has 3 aliphatic heterocycles. The highest BCUT2D eigenvalue weighted by atomic mass is 16.5. The molecule has 3 heterocycles. The van der Waals surface area contributed by atoms with Gasteiger partial charge in [0.2, 0.25) is 29.5 Å². The molecule has 4 aromatic rings. The lowest BCUT2D eigenvalue weighted by atomic mass is 9.86. The van der Waals surface area contributed by atoms with E-state index in [2.05, 4.69) is 33.5 Å². The van der Waals surface area contributed by atoms with Crippen molar-refractivity contribution in [2.45, 2.75) is 145 Å². The maximum absolute atomic E-state index is 14.8. The molecule has 0 aliphatic carbocycles. The predicted octanol–water partition coefficient (Wildman–Crippen LogP) is -0.264. The number of ketones is 1. The molecule has 3 aliphatic rings. The Morgan fingerprint density at radius 1 is 0.693 bits per heavy atom. The van der Waals surface area contributed by atoms with Crippen molar-refractivity contribution in [2.24, 2.45) is 17.6 Å². The first kappa shape index (κ1) is 68.1. The van der Waals surface area contributed by atoms with Gasteiger partial charge in [0.25, 0.3) is 5.91 Å². The second kappa shape index (κ2) is 31.7. The molecule has 3 fully saturated rings. The number of phenolic OH excluding ortho intramolecular Hbond substituents is 1. The lowest BCUT2D eigenvalue weighted by molar-refractivity contribution is -0.148. The van der Waals surface area contributed by atoms with Gasteiger partial charge in [0.1, 0.15) is 47.9 Å². The van der Waals surface area contributed by atoms with Crippen molar-refractivity contribution in [1.29, 1.82) is 0 Å². The van der Waals surface area contributed by atoms with E-state index in [1.165, 1.54) is 43.3 Å². The Labute approximate surface area is 510 Å². The third-order valence-corrected chi connectivity index (χ3v) is 16.3.